The van der Waals surface area contributed by atoms with E-state index in [1.165, 1.54) is 0 Å². The molecular weight excluding hydrogens is 312 g/mol. The third-order valence-electron chi connectivity index (χ3n) is 2.47. The first-order valence-electron chi connectivity index (χ1n) is 6.00. The standard InChI is InChI=1S/C13H19BrN2O3/c1-16(2)7-9-19-8-6-15-11-5-3-4-10(14)12(11)13(17)18/h3-5,15H,6-9H2,1-2H3,(H,17,18). The highest BCUT2D eigenvalue weighted by Gasteiger charge is 2.13. The van der Waals surface area contributed by atoms with Gasteiger partial charge in [0.2, 0.25) is 0 Å². The predicted molar refractivity (Wildman–Crippen MR) is 79.0 cm³/mol. The van der Waals surface area contributed by atoms with Crippen molar-refractivity contribution in [3.63, 3.8) is 0 Å². The normalized spacial score (nSPS) is 10.7. The Morgan fingerprint density at radius 1 is 1.42 bits per heavy atom. The van der Waals surface area contributed by atoms with Crippen LogP contribution in [0.3, 0.4) is 0 Å². The monoisotopic (exact) mass is 330 g/mol. The number of nitrogens with one attached hydrogen (secondary N) is 1. The Morgan fingerprint density at radius 2 is 2.16 bits per heavy atom. The highest BCUT2D eigenvalue weighted by Crippen LogP contribution is 2.24. The summed E-state index contributed by atoms with van der Waals surface area (Å²) in [6.07, 6.45) is 0. The second-order valence-corrected chi connectivity index (χ2v) is 5.16. The summed E-state index contributed by atoms with van der Waals surface area (Å²) in [7, 11) is 3.98. The van der Waals surface area contributed by atoms with Crippen molar-refractivity contribution in [2.24, 2.45) is 0 Å². The lowest BCUT2D eigenvalue weighted by molar-refractivity contribution is 0.0696. The Hall–Kier alpha value is -1.11. The average molecular weight is 331 g/mol. The summed E-state index contributed by atoms with van der Waals surface area (Å²) >= 11 is 3.24. The Morgan fingerprint density at radius 3 is 2.79 bits per heavy atom. The summed E-state index contributed by atoms with van der Waals surface area (Å²) in [6, 6.07) is 5.25. The number of hydrogen-bond donors (Lipinski definition) is 2. The molecule has 0 atom stereocenters. The molecule has 19 heavy (non-hydrogen) atoms. The maximum absolute atomic E-state index is 11.1. The summed E-state index contributed by atoms with van der Waals surface area (Å²) in [5, 5.41) is 12.2. The van der Waals surface area contributed by atoms with E-state index in [0.29, 0.717) is 29.9 Å². The van der Waals surface area contributed by atoms with Gasteiger partial charge >= 0.3 is 5.97 Å². The molecule has 0 aliphatic rings. The van der Waals surface area contributed by atoms with Crippen molar-refractivity contribution in [3.05, 3.63) is 28.2 Å². The van der Waals surface area contributed by atoms with Gasteiger partial charge in [-0.15, -0.1) is 0 Å². The maximum atomic E-state index is 11.1. The zero-order valence-electron chi connectivity index (χ0n) is 11.1. The molecule has 0 amide bonds. The summed E-state index contributed by atoms with van der Waals surface area (Å²) in [5.74, 6) is -0.955. The molecule has 0 unspecified atom stereocenters. The van der Waals surface area contributed by atoms with Crippen molar-refractivity contribution in [2.75, 3.05) is 45.7 Å². The number of benzene rings is 1. The van der Waals surface area contributed by atoms with Crippen LogP contribution >= 0.6 is 15.9 Å². The van der Waals surface area contributed by atoms with Gasteiger partial charge in [0.05, 0.1) is 18.8 Å². The number of likely N-dealkylation sites (N-methyl/N-ethyl adjacent to an activating group) is 1. The van der Waals surface area contributed by atoms with Gasteiger partial charge in [-0.05, 0) is 42.2 Å². The summed E-state index contributed by atoms with van der Waals surface area (Å²) < 4.78 is 6.00. The summed E-state index contributed by atoms with van der Waals surface area (Å²) in [6.45, 7) is 2.65. The molecule has 0 saturated carbocycles. The van der Waals surface area contributed by atoms with Crippen LogP contribution in [0, 0.1) is 0 Å². The van der Waals surface area contributed by atoms with Crippen LogP contribution in [0.25, 0.3) is 0 Å². The van der Waals surface area contributed by atoms with Gasteiger partial charge < -0.3 is 20.1 Å². The van der Waals surface area contributed by atoms with Crippen LogP contribution in [0.5, 0.6) is 0 Å². The van der Waals surface area contributed by atoms with Crippen LogP contribution < -0.4 is 5.32 Å². The van der Waals surface area contributed by atoms with Crippen molar-refractivity contribution in [3.8, 4) is 0 Å². The molecule has 0 aliphatic heterocycles. The van der Waals surface area contributed by atoms with E-state index in [2.05, 4.69) is 21.2 Å². The molecule has 5 nitrogen and oxygen atoms in total. The van der Waals surface area contributed by atoms with Crippen LogP contribution in [0.1, 0.15) is 10.4 Å². The Kier molecular flexibility index (Phi) is 6.83. The molecule has 1 aromatic rings. The minimum absolute atomic E-state index is 0.246. The van der Waals surface area contributed by atoms with E-state index in [4.69, 9.17) is 9.84 Å². The number of aromatic carboxylic acids is 1. The number of anilines is 1. The second-order valence-electron chi connectivity index (χ2n) is 4.31. The van der Waals surface area contributed by atoms with Crippen LogP contribution in [-0.2, 0) is 4.74 Å². The highest BCUT2D eigenvalue weighted by atomic mass is 79.9. The Labute approximate surface area is 121 Å². The van der Waals surface area contributed by atoms with E-state index in [0.717, 1.165) is 6.54 Å². The Balaban J connectivity index is 2.41. The van der Waals surface area contributed by atoms with E-state index in [-0.39, 0.29) is 5.56 Å². The fraction of sp³-hybridized carbons (Fsp3) is 0.462. The first-order chi connectivity index (χ1) is 9.02. The molecule has 1 rings (SSSR count). The number of halogens is 1. The van der Waals surface area contributed by atoms with Crippen LogP contribution in [0.4, 0.5) is 5.69 Å². The van der Waals surface area contributed by atoms with Crippen LogP contribution in [-0.4, -0.2) is 56.4 Å². The third kappa shape index (κ3) is 5.59. The van der Waals surface area contributed by atoms with Crippen molar-refractivity contribution < 1.29 is 14.6 Å². The molecule has 6 heteroatoms. The molecule has 0 heterocycles. The minimum Gasteiger partial charge on any atom is -0.478 e. The summed E-state index contributed by atoms with van der Waals surface area (Å²) in [4.78, 5) is 13.2. The first kappa shape index (κ1) is 15.9. The fourth-order valence-electron chi connectivity index (χ4n) is 1.50. The minimum atomic E-state index is -0.955. The van der Waals surface area contributed by atoms with Gasteiger partial charge in [0.25, 0.3) is 0 Å². The SMILES string of the molecule is CN(C)CCOCCNc1cccc(Br)c1C(=O)O. The molecule has 2 N–H and O–H groups in total. The topological polar surface area (TPSA) is 61.8 Å². The van der Waals surface area contributed by atoms with Crippen molar-refractivity contribution in [1.29, 1.82) is 0 Å². The van der Waals surface area contributed by atoms with E-state index in [1.807, 2.05) is 19.0 Å². The number of carboxylic acids is 1. The largest absolute Gasteiger partial charge is 0.478 e. The van der Waals surface area contributed by atoms with Crippen molar-refractivity contribution >= 4 is 27.6 Å². The Bertz CT molecular complexity index is 424. The fourth-order valence-corrected chi connectivity index (χ4v) is 2.03. The van der Waals surface area contributed by atoms with Gasteiger partial charge in [-0.3, -0.25) is 0 Å². The zero-order valence-corrected chi connectivity index (χ0v) is 12.7. The van der Waals surface area contributed by atoms with Gasteiger partial charge in [0.15, 0.2) is 0 Å². The zero-order chi connectivity index (χ0) is 14.3. The van der Waals surface area contributed by atoms with E-state index in [1.54, 1.807) is 18.2 Å². The van der Waals surface area contributed by atoms with Crippen molar-refractivity contribution in [2.45, 2.75) is 0 Å². The number of carbonyl (C=O) groups is 1. The molecule has 0 spiro atoms. The third-order valence-corrected chi connectivity index (χ3v) is 3.13. The van der Waals surface area contributed by atoms with E-state index < -0.39 is 5.97 Å². The molecule has 0 bridgehead atoms. The number of rotatable bonds is 8. The molecule has 1 aromatic carbocycles. The van der Waals surface area contributed by atoms with E-state index >= 15 is 0 Å². The molecule has 0 radical (unpaired) electrons. The molecular formula is C13H19BrN2O3. The lowest BCUT2D eigenvalue weighted by atomic mass is 10.2. The van der Waals surface area contributed by atoms with Gasteiger partial charge in [-0.1, -0.05) is 6.07 Å². The second kappa shape index (κ2) is 8.14. The van der Waals surface area contributed by atoms with Gasteiger partial charge in [-0.25, -0.2) is 4.79 Å². The molecule has 0 aromatic heterocycles. The predicted octanol–water partition coefficient (Wildman–Crippen LogP) is 2.14. The molecule has 0 saturated heterocycles. The van der Waals surface area contributed by atoms with Crippen LogP contribution in [0.15, 0.2) is 22.7 Å². The lowest BCUT2D eigenvalue weighted by Gasteiger charge is -2.12. The number of hydrogen-bond acceptors (Lipinski definition) is 4. The molecule has 0 aliphatic carbocycles. The molecule has 0 fully saturated rings. The quantitative estimate of drug-likeness (QED) is 0.715. The van der Waals surface area contributed by atoms with Gasteiger partial charge in [0, 0.05) is 23.2 Å². The maximum Gasteiger partial charge on any atom is 0.338 e. The average Bonchev–Trinajstić information content (AvgIpc) is 2.32. The molecule has 106 valence electrons. The van der Waals surface area contributed by atoms with E-state index in [9.17, 15) is 4.79 Å². The lowest BCUT2D eigenvalue weighted by Crippen LogP contribution is -2.20. The van der Waals surface area contributed by atoms with Crippen molar-refractivity contribution in [1.82, 2.24) is 4.90 Å². The number of carboxylic acid groups (broad SMARTS) is 1. The smallest absolute Gasteiger partial charge is 0.338 e. The summed E-state index contributed by atoms with van der Waals surface area (Å²) in [5.41, 5.74) is 0.842. The highest BCUT2D eigenvalue weighted by molar-refractivity contribution is 9.10. The van der Waals surface area contributed by atoms with Gasteiger partial charge in [0.1, 0.15) is 0 Å². The number of nitrogens with zero attached hydrogens (tertiary/aromatic N) is 1. The number of ether oxygens (including phenoxy) is 1. The van der Waals surface area contributed by atoms with Gasteiger partial charge in [-0.2, -0.15) is 0 Å². The van der Waals surface area contributed by atoms with Crippen LogP contribution in [0.2, 0.25) is 0 Å². The first-order valence-corrected chi connectivity index (χ1v) is 6.80.